The average molecular weight is 530 g/mol. The maximum absolute atomic E-state index is 14.3. The van der Waals surface area contributed by atoms with Crippen molar-refractivity contribution in [1.82, 2.24) is 4.57 Å². The maximum Gasteiger partial charge on any atom is 0.416 e. The second kappa shape index (κ2) is 8.24. The molecule has 1 fully saturated rings. The summed E-state index contributed by atoms with van der Waals surface area (Å²) in [4.78, 5) is 26.6. The van der Waals surface area contributed by atoms with Crippen LogP contribution in [0.2, 0.25) is 0 Å². The zero-order chi connectivity index (χ0) is 26.1. The smallest absolute Gasteiger partial charge is 0.416 e. The SMILES string of the molecule is O=c1oc2cc3n(c(=O)c2c(O)c1Sc1ccc(C(F)(F)F)cc1)-c1ccc(F)cc1C31CCCCC1. The van der Waals surface area contributed by atoms with Gasteiger partial charge < -0.3 is 9.52 Å². The molecular formula is C27H19F4NO4S. The number of fused-ring (bicyclic) bond motifs is 6. The van der Waals surface area contributed by atoms with E-state index in [1.54, 1.807) is 12.1 Å². The first-order chi connectivity index (χ1) is 17.6. The number of hydrogen-bond acceptors (Lipinski definition) is 5. The molecule has 10 heteroatoms. The van der Waals surface area contributed by atoms with E-state index in [-0.39, 0.29) is 20.8 Å². The van der Waals surface area contributed by atoms with Crippen LogP contribution in [0.25, 0.3) is 16.7 Å². The Morgan fingerprint density at radius 3 is 2.35 bits per heavy atom. The standard InChI is InChI=1S/C27H19F4NO4S/c28-15-6-9-18-17(12-15)26(10-2-1-3-11-26)20-13-19-21(24(34)32(18)20)22(33)23(25(35)36-19)37-16-7-4-14(5-8-16)27(29,30)31/h4-9,12-13,33H,1-3,10-11H2. The van der Waals surface area contributed by atoms with Crippen molar-refractivity contribution in [2.24, 2.45) is 0 Å². The lowest BCUT2D eigenvalue weighted by molar-refractivity contribution is -0.137. The Morgan fingerprint density at radius 1 is 0.973 bits per heavy atom. The molecule has 2 aromatic heterocycles. The van der Waals surface area contributed by atoms with Crippen molar-refractivity contribution in [3.8, 4) is 11.4 Å². The van der Waals surface area contributed by atoms with Gasteiger partial charge in [-0.1, -0.05) is 31.0 Å². The van der Waals surface area contributed by atoms with Crippen LogP contribution >= 0.6 is 11.8 Å². The lowest BCUT2D eigenvalue weighted by Gasteiger charge is -2.34. The van der Waals surface area contributed by atoms with E-state index in [1.807, 2.05) is 0 Å². The third-order valence-electron chi connectivity index (χ3n) is 7.33. The van der Waals surface area contributed by atoms with Gasteiger partial charge in [-0.05, 0) is 60.9 Å². The molecule has 1 spiro atoms. The third kappa shape index (κ3) is 3.60. The normalized spacial score (nSPS) is 16.2. The second-order valence-electron chi connectivity index (χ2n) is 9.41. The van der Waals surface area contributed by atoms with Gasteiger partial charge in [-0.3, -0.25) is 9.36 Å². The number of aromatic hydroxyl groups is 1. The quantitative estimate of drug-likeness (QED) is 0.299. The van der Waals surface area contributed by atoms with Gasteiger partial charge in [0.2, 0.25) is 0 Å². The van der Waals surface area contributed by atoms with Crippen molar-refractivity contribution in [2.45, 2.75) is 53.5 Å². The van der Waals surface area contributed by atoms with E-state index in [1.165, 1.54) is 28.8 Å². The molecule has 0 atom stereocenters. The molecule has 3 heterocycles. The third-order valence-corrected chi connectivity index (χ3v) is 8.40. The van der Waals surface area contributed by atoms with Gasteiger partial charge in [-0.15, -0.1) is 0 Å². The van der Waals surface area contributed by atoms with Crippen LogP contribution in [0.4, 0.5) is 17.6 Å². The fourth-order valence-corrected chi connectivity index (χ4v) is 6.49. The molecule has 2 aromatic carbocycles. The number of halogens is 4. The molecule has 37 heavy (non-hydrogen) atoms. The minimum atomic E-state index is -4.52. The fraction of sp³-hybridized carbons (Fsp3) is 0.259. The van der Waals surface area contributed by atoms with Crippen molar-refractivity contribution in [3.05, 3.63) is 91.9 Å². The highest BCUT2D eigenvalue weighted by Crippen LogP contribution is 2.52. The Balaban J connectivity index is 1.54. The van der Waals surface area contributed by atoms with E-state index in [0.717, 1.165) is 31.4 Å². The molecule has 1 N–H and O–H groups in total. The van der Waals surface area contributed by atoms with E-state index in [0.29, 0.717) is 41.5 Å². The molecule has 0 radical (unpaired) electrons. The molecule has 1 saturated carbocycles. The Labute approximate surface area is 211 Å². The minimum absolute atomic E-state index is 0.0891. The van der Waals surface area contributed by atoms with Gasteiger partial charge in [-0.25, -0.2) is 9.18 Å². The monoisotopic (exact) mass is 529 g/mol. The molecule has 1 aliphatic carbocycles. The number of nitrogens with zero attached hydrogens (tertiary/aromatic N) is 1. The summed E-state index contributed by atoms with van der Waals surface area (Å²) in [6.07, 6.45) is -0.318. The van der Waals surface area contributed by atoms with E-state index in [9.17, 15) is 32.3 Å². The Hall–Kier alpha value is -3.53. The Morgan fingerprint density at radius 2 is 1.68 bits per heavy atom. The van der Waals surface area contributed by atoms with Crippen LogP contribution in [0.15, 0.2) is 72.3 Å². The van der Waals surface area contributed by atoms with Gasteiger partial charge in [0.1, 0.15) is 21.7 Å². The number of hydrogen-bond donors (Lipinski definition) is 1. The molecule has 190 valence electrons. The van der Waals surface area contributed by atoms with E-state index < -0.39 is 39.9 Å². The number of alkyl halides is 3. The highest BCUT2D eigenvalue weighted by molar-refractivity contribution is 7.99. The first kappa shape index (κ1) is 23.8. The molecule has 2 aliphatic rings. The van der Waals surface area contributed by atoms with Crippen LogP contribution in [-0.2, 0) is 11.6 Å². The predicted octanol–water partition coefficient (Wildman–Crippen LogP) is 6.52. The van der Waals surface area contributed by atoms with Crippen LogP contribution in [0.1, 0.15) is 48.9 Å². The lowest BCUT2D eigenvalue weighted by Crippen LogP contribution is -2.31. The molecule has 6 rings (SSSR count). The summed E-state index contributed by atoms with van der Waals surface area (Å²) < 4.78 is 59.9. The number of rotatable bonds is 2. The summed E-state index contributed by atoms with van der Waals surface area (Å²) >= 11 is 0.705. The van der Waals surface area contributed by atoms with Gasteiger partial charge in [0.05, 0.1) is 11.3 Å². The maximum atomic E-state index is 14.3. The summed E-state index contributed by atoms with van der Waals surface area (Å²) in [6, 6.07) is 9.91. The van der Waals surface area contributed by atoms with Crippen molar-refractivity contribution < 1.29 is 27.1 Å². The van der Waals surface area contributed by atoms with Gasteiger partial charge in [0.15, 0.2) is 5.75 Å². The highest BCUT2D eigenvalue weighted by Gasteiger charge is 2.46. The zero-order valence-electron chi connectivity index (χ0n) is 19.2. The number of benzene rings is 2. The molecular weight excluding hydrogens is 510 g/mol. The summed E-state index contributed by atoms with van der Waals surface area (Å²) in [5.41, 5.74) is -1.27. The number of aromatic nitrogens is 1. The summed E-state index contributed by atoms with van der Waals surface area (Å²) in [7, 11) is 0. The summed E-state index contributed by atoms with van der Waals surface area (Å²) in [5.74, 6) is -1.02. The lowest BCUT2D eigenvalue weighted by atomic mass is 9.68. The molecule has 0 saturated heterocycles. The van der Waals surface area contributed by atoms with Crippen LogP contribution < -0.4 is 11.2 Å². The summed E-state index contributed by atoms with van der Waals surface area (Å²) in [5, 5.41) is 10.8. The first-order valence-electron chi connectivity index (χ1n) is 11.7. The number of pyridine rings is 1. The Kier molecular flexibility index (Phi) is 5.31. The van der Waals surface area contributed by atoms with Crippen LogP contribution in [0.5, 0.6) is 5.75 Å². The molecule has 0 bridgehead atoms. The Bertz CT molecular complexity index is 1680. The van der Waals surface area contributed by atoms with E-state index in [2.05, 4.69) is 0 Å². The molecule has 0 unspecified atom stereocenters. The topological polar surface area (TPSA) is 72.4 Å². The molecule has 0 amide bonds. The van der Waals surface area contributed by atoms with Crippen LogP contribution in [0, 0.1) is 5.82 Å². The van der Waals surface area contributed by atoms with Crippen LogP contribution in [0.3, 0.4) is 0 Å². The zero-order valence-corrected chi connectivity index (χ0v) is 20.0. The van der Waals surface area contributed by atoms with Crippen LogP contribution in [-0.4, -0.2) is 9.67 Å². The minimum Gasteiger partial charge on any atom is -0.505 e. The van der Waals surface area contributed by atoms with Gasteiger partial charge in [0, 0.05) is 22.1 Å². The second-order valence-corrected chi connectivity index (χ2v) is 10.5. The average Bonchev–Trinajstić information content (AvgIpc) is 3.10. The van der Waals surface area contributed by atoms with Crippen molar-refractivity contribution in [2.75, 3.05) is 0 Å². The molecule has 1 aliphatic heterocycles. The van der Waals surface area contributed by atoms with E-state index in [4.69, 9.17) is 4.42 Å². The van der Waals surface area contributed by atoms with E-state index >= 15 is 0 Å². The molecule has 5 nitrogen and oxygen atoms in total. The van der Waals surface area contributed by atoms with Crippen molar-refractivity contribution in [3.63, 3.8) is 0 Å². The summed E-state index contributed by atoms with van der Waals surface area (Å²) in [6.45, 7) is 0. The highest BCUT2D eigenvalue weighted by atomic mass is 32.2. The van der Waals surface area contributed by atoms with Crippen molar-refractivity contribution in [1.29, 1.82) is 0 Å². The largest absolute Gasteiger partial charge is 0.505 e. The predicted molar refractivity (Wildman–Crippen MR) is 129 cm³/mol. The van der Waals surface area contributed by atoms with Gasteiger partial charge in [0.25, 0.3) is 5.56 Å². The van der Waals surface area contributed by atoms with Crippen molar-refractivity contribution >= 4 is 22.7 Å². The first-order valence-corrected chi connectivity index (χ1v) is 12.5. The molecule has 4 aromatic rings. The van der Waals surface area contributed by atoms with Gasteiger partial charge >= 0.3 is 11.8 Å². The fourth-order valence-electron chi connectivity index (χ4n) is 5.66. The van der Waals surface area contributed by atoms with Gasteiger partial charge in [-0.2, -0.15) is 13.2 Å².